The van der Waals surface area contributed by atoms with Crippen molar-refractivity contribution in [2.75, 3.05) is 12.3 Å². The number of hydrogen-bond donors (Lipinski definition) is 17. The number of carbonyl (C=O) groups is 10. The average Bonchev–Trinajstić information content (AvgIpc) is 2.60. The molecule has 8 amide bonds. The molecule has 2 heterocycles. The number of phenols is 3. The highest BCUT2D eigenvalue weighted by atomic mass is 32.1. The van der Waals surface area contributed by atoms with Gasteiger partial charge in [-0.25, -0.2) is 9.78 Å². The lowest BCUT2D eigenvalue weighted by Gasteiger charge is -2.29. The topological polar surface area (TPSA) is 439 Å². The fraction of sp³-hybridized carbons (Fsp3) is 0.339. The number of carbonyl (C=O) groups excluding carboxylic acids is 8. The normalized spacial score (nSPS) is 14.2. The van der Waals surface area contributed by atoms with Gasteiger partial charge in [0, 0.05) is 60.4 Å². The summed E-state index contributed by atoms with van der Waals surface area (Å²) < 4.78 is 0. The highest BCUT2D eigenvalue weighted by Crippen LogP contribution is 2.21. The van der Waals surface area contributed by atoms with Crippen LogP contribution in [0.15, 0.2) is 116 Å². The Morgan fingerprint density at radius 2 is 1.05 bits per heavy atom. The van der Waals surface area contributed by atoms with Crippen molar-refractivity contribution in [1.82, 2.24) is 57.5 Å². The summed E-state index contributed by atoms with van der Waals surface area (Å²) in [5.74, 6) is -11.5. The molecule has 0 unspecified atom stereocenters. The highest BCUT2D eigenvalue weighted by molar-refractivity contribution is 7.80. The van der Waals surface area contributed by atoms with Gasteiger partial charge in [-0.05, 0) is 77.1 Å². The molecular weight excluding hydrogens is 1150 g/mol. The summed E-state index contributed by atoms with van der Waals surface area (Å²) in [6, 6.07) is 12.5. The number of nitrogens with two attached hydrogens (primary N) is 1. The number of H-pyrrole nitrogens is 2. The van der Waals surface area contributed by atoms with E-state index >= 15 is 0 Å². The SMILES string of the molecule is CC[C@H](C)[C@H](NC(=O)[C@H](Cc1cnc[nH]1)NC(=O)[C@@H](N)Cc1ccc(O)cc1)C(=O)N[C@@H](CS)C(=O)N[C@@H](Cc1c[nH]c2ccccc12)C(=O)N[C@@H](Cc1ccc(O)cc1)C(=O)NCC(=O)N[C@@H](CC(=O)O)C(=O)N[C@@H](Cc1ccc(O)cc1)C(=O)O. The molecule has 6 rings (SSSR count). The Morgan fingerprint density at radius 3 is 1.60 bits per heavy atom. The number of rotatable bonds is 32. The molecule has 27 nitrogen and oxygen atoms in total. The zero-order valence-corrected chi connectivity index (χ0v) is 48.2. The number of nitrogens with one attached hydrogen (secondary N) is 10. The number of aliphatic carboxylic acids is 2. The zero-order valence-electron chi connectivity index (χ0n) is 47.3. The first-order chi connectivity index (χ1) is 41.5. The van der Waals surface area contributed by atoms with Gasteiger partial charge in [-0.2, -0.15) is 12.6 Å². The molecule has 0 spiro atoms. The molecular formula is C59H70N12O15S. The molecule has 0 radical (unpaired) electrons. The van der Waals surface area contributed by atoms with E-state index in [0.29, 0.717) is 45.3 Å². The van der Waals surface area contributed by atoms with Crippen LogP contribution in [-0.2, 0) is 80.0 Å². The summed E-state index contributed by atoms with van der Waals surface area (Å²) in [6.45, 7) is 2.56. The summed E-state index contributed by atoms with van der Waals surface area (Å²) in [4.78, 5) is 146. The monoisotopic (exact) mass is 1220 g/mol. The Bertz CT molecular complexity index is 3360. The van der Waals surface area contributed by atoms with Crippen LogP contribution < -0.4 is 48.3 Å². The van der Waals surface area contributed by atoms with Crippen LogP contribution in [0, 0.1) is 5.92 Å². The van der Waals surface area contributed by atoms with Crippen molar-refractivity contribution in [3.63, 3.8) is 0 Å². The number of aromatic nitrogens is 3. The van der Waals surface area contributed by atoms with E-state index in [2.05, 4.69) is 70.1 Å². The quantitative estimate of drug-likeness (QED) is 0.0245. The van der Waals surface area contributed by atoms with Crippen molar-refractivity contribution in [1.29, 1.82) is 0 Å². The van der Waals surface area contributed by atoms with E-state index in [-0.39, 0.29) is 55.1 Å². The number of carboxylic acid groups (broad SMARTS) is 2. The molecule has 2 aromatic heterocycles. The molecule has 0 aliphatic carbocycles. The van der Waals surface area contributed by atoms with E-state index in [0.717, 1.165) is 0 Å². The number of thiol groups is 1. The largest absolute Gasteiger partial charge is 0.508 e. The summed E-state index contributed by atoms with van der Waals surface area (Å²) >= 11 is 4.37. The molecule has 6 aromatic rings. The molecule has 87 heavy (non-hydrogen) atoms. The number of hydrogen-bond acceptors (Lipinski definition) is 16. The number of fused-ring (bicyclic) bond motifs is 1. The third-order valence-corrected chi connectivity index (χ3v) is 14.5. The van der Waals surface area contributed by atoms with Gasteiger partial charge >= 0.3 is 11.9 Å². The van der Waals surface area contributed by atoms with Crippen molar-refractivity contribution in [2.45, 2.75) is 107 Å². The first kappa shape index (κ1) is 66.2. The minimum Gasteiger partial charge on any atom is -0.508 e. The number of aromatic hydroxyl groups is 3. The molecule has 0 saturated carbocycles. The lowest BCUT2D eigenvalue weighted by Crippen LogP contribution is -2.61. The third kappa shape index (κ3) is 20.1. The molecule has 0 aliphatic rings. The van der Waals surface area contributed by atoms with Gasteiger partial charge in [0.2, 0.25) is 47.3 Å². The van der Waals surface area contributed by atoms with E-state index in [1.165, 1.54) is 73.2 Å². The fourth-order valence-corrected chi connectivity index (χ4v) is 9.36. The van der Waals surface area contributed by atoms with Crippen molar-refractivity contribution in [3.05, 3.63) is 144 Å². The number of phenolic OH excluding ortho intramolecular Hbond substituents is 3. The second-order valence-corrected chi connectivity index (χ2v) is 21.1. The van der Waals surface area contributed by atoms with Crippen molar-refractivity contribution in [3.8, 4) is 17.2 Å². The molecule has 0 fully saturated rings. The number of nitrogens with zero attached hydrogens (tertiary/aromatic N) is 1. The van der Waals surface area contributed by atoms with Gasteiger partial charge in [0.1, 0.15) is 59.5 Å². The van der Waals surface area contributed by atoms with Gasteiger partial charge in [-0.1, -0.05) is 74.9 Å². The summed E-state index contributed by atoms with van der Waals surface area (Å²) in [7, 11) is 0. The van der Waals surface area contributed by atoms with E-state index < -0.39 is 126 Å². The van der Waals surface area contributed by atoms with Crippen LogP contribution in [0.3, 0.4) is 0 Å². The molecule has 17 N–H and O–H groups in total. The Kier molecular flexibility index (Phi) is 24.2. The van der Waals surface area contributed by atoms with Crippen LogP contribution in [-0.4, -0.2) is 160 Å². The van der Waals surface area contributed by atoms with Gasteiger partial charge in [-0.3, -0.25) is 43.2 Å². The Balaban J connectivity index is 1.18. The summed E-state index contributed by atoms with van der Waals surface area (Å²) in [5, 5.41) is 69.6. The number of aromatic amines is 2. The molecule has 0 bridgehead atoms. The number of amides is 8. The second-order valence-electron chi connectivity index (χ2n) is 20.7. The molecule has 4 aromatic carbocycles. The standard InChI is InChI=1S/C59H70N12O15S/c1-3-31(2)51(71-56(82)45(24-36-27-61-30-64-36)66-52(78)41(60)20-32-8-14-37(72)15-9-32)58(84)70-48(29-87)57(83)68-44(23-35-26-62-42-7-5-4-6-40(35)42)54(80)67-43(21-33-10-16-38(73)17-11-33)53(79)63-28-49(75)65-46(25-50(76)77)55(81)69-47(59(85)86)22-34-12-18-39(74)19-13-34/h4-19,26-27,30-31,41,43-48,51,62,72-74,87H,3,20-25,28-29,60H2,1-2H3,(H,61,64)(H,63,79)(H,65,75)(H,66,78)(H,67,80)(H,68,83)(H,69,81)(H,70,84)(H,71,82)(H,76,77)(H,85,86)/t31-,41-,43-,44-,45-,46-,47-,48-,51-/m0/s1. The second kappa shape index (κ2) is 31.8. The van der Waals surface area contributed by atoms with Crippen LogP contribution in [0.25, 0.3) is 10.9 Å². The predicted molar refractivity (Wildman–Crippen MR) is 317 cm³/mol. The molecule has 462 valence electrons. The molecule has 28 heteroatoms. The first-order valence-electron chi connectivity index (χ1n) is 27.6. The predicted octanol–water partition coefficient (Wildman–Crippen LogP) is -0.107. The molecule has 9 atom stereocenters. The highest BCUT2D eigenvalue weighted by Gasteiger charge is 2.36. The van der Waals surface area contributed by atoms with Gasteiger partial charge < -0.3 is 83.8 Å². The average molecular weight is 1220 g/mol. The lowest BCUT2D eigenvalue weighted by atomic mass is 9.97. The Hall–Kier alpha value is -9.96. The number of benzene rings is 4. The Morgan fingerprint density at radius 1 is 0.552 bits per heavy atom. The molecule has 0 saturated heterocycles. The van der Waals surface area contributed by atoms with Crippen LogP contribution in [0.2, 0.25) is 0 Å². The zero-order chi connectivity index (χ0) is 63.3. The van der Waals surface area contributed by atoms with Crippen LogP contribution in [0.4, 0.5) is 0 Å². The summed E-state index contributed by atoms with van der Waals surface area (Å²) in [6.07, 6.45) is 3.02. The van der Waals surface area contributed by atoms with Crippen LogP contribution in [0.1, 0.15) is 54.6 Å². The Labute approximate surface area is 503 Å². The van der Waals surface area contributed by atoms with Crippen LogP contribution in [0.5, 0.6) is 17.2 Å². The maximum absolute atomic E-state index is 14.7. The van der Waals surface area contributed by atoms with E-state index in [4.69, 9.17) is 5.73 Å². The van der Waals surface area contributed by atoms with Crippen molar-refractivity contribution < 1.29 is 73.5 Å². The number of para-hydroxylation sites is 1. The minimum atomic E-state index is -1.83. The number of imidazole rings is 1. The van der Waals surface area contributed by atoms with Gasteiger partial charge in [0.15, 0.2) is 0 Å². The van der Waals surface area contributed by atoms with Gasteiger partial charge in [0.25, 0.3) is 0 Å². The van der Waals surface area contributed by atoms with E-state index in [9.17, 15) is 73.5 Å². The summed E-state index contributed by atoms with van der Waals surface area (Å²) in [5.41, 5.74) is 9.39. The maximum Gasteiger partial charge on any atom is 0.326 e. The van der Waals surface area contributed by atoms with Crippen molar-refractivity contribution >= 4 is 82.7 Å². The molecule has 0 aliphatic heterocycles. The first-order valence-corrected chi connectivity index (χ1v) is 28.2. The maximum atomic E-state index is 14.7. The van der Waals surface area contributed by atoms with Gasteiger partial charge in [0.05, 0.1) is 25.3 Å². The van der Waals surface area contributed by atoms with E-state index in [1.807, 2.05) is 0 Å². The van der Waals surface area contributed by atoms with E-state index in [1.54, 1.807) is 56.4 Å². The minimum absolute atomic E-state index is 0.0200. The fourth-order valence-electron chi connectivity index (χ4n) is 9.11. The number of carboxylic acids is 2. The van der Waals surface area contributed by atoms with Gasteiger partial charge in [-0.15, -0.1) is 0 Å². The third-order valence-electron chi connectivity index (χ3n) is 14.1. The smallest absolute Gasteiger partial charge is 0.326 e. The lowest BCUT2D eigenvalue weighted by molar-refractivity contribution is -0.143. The van der Waals surface area contributed by atoms with Crippen LogP contribution >= 0.6 is 12.6 Å². The van der Waals surface area contributed by atoms with Crippen molar-refractivity contribution in [2.24, 2.45) is 11.7 Å².